The molecule has 0 unspecified atom stereocenters. The van der Waals surface area contributed by atoms with E-state index in [1.807, 2.05) is 17.9 Å². The molecule has 0 N–H and O–H groups in total. The summed E-state index contributed by atoms with van der Waals surface area (Å²) in [5, 5.41) is 11.4. The summed E-state index contributed by atoms with van der Waals surface area (Å²) >= 11 is 0. The molecule has 1 amide bonds. The summed E-state index contributed by atoms with van der Waals surface area (Å²) in [4.78, 5) is 27.5. The van der Waals surface area contributed by atoms with Gasteiger partial charge in [0, 0.05) is 31.7 Å². The zero-order valence-corrected chi connectivity index (χ0v) is 16.0. The average molecular weight is 385 g/mol. The number of amides is 1. The predicted octanol–water partition coefficient (Wildman–Crippen LogP) is 2.96. The molecule has 1 fully saturated rings. The minimum atomic E-state index is -0.408. The smallest absolute Gasteiger partial charge is 0.296 e. The fraction of sp³-hybridized carbons (Fsp3) is 0.350. The summed E-state index contributed by atoms with van der Waals surface area (Å²) in [6.45, 7) is 4.44. The third-order valence-electron chi connectivity index (χ3n) is 4.68. The molecule has 28 heavy (non-hydrogen) atoms. The molecule has 0 aromatic heterocycles. The highest BCUT2D eigenvalue weighted by molar-refractivity contribution is 5.94. The van der Waals surface area contributed by atoms with Gasteiger partial charge in [-0.05, 0) is 37.3 Å². The van der Waals surface area contributed by atoms with E-state index in [2.05, 4.69) is 0 Å². The van der Waals surface area contributed by atoms with Crippen LogP contribution in [0.4, 0.5) is 11.4 Å². The molecule has 2 aromatic rings. The van der Waals surface area contributed by atoms with Crippen LogP contribution < -0.4 is 14.4 Å². The van der Waals surface area contributed by atoms with Crippen LogP contribution in [0.1, 0.15) is 17.3 Å². The van der Waals surface area contributed by atoms with Crippen molar-refractivity contribution in [3.8, 4) is 11.5 Å². The number of benzene rings is 2. The number of nitro groups is 1. The zero-order chi connectivity index (χ0) is 20.1. The second-order valence-electron chi connectivity index (χ2n) is 6.35. The lowest BCUT2D eigenvalue weighted by Gasteiger charge is -2.36. The Bertz CT molecular complexity index is 863. The number of hydrogen-bond acceptors (Lipinski definition) is 6. The number of anilines is 1. The number of nitrogens with zero attached hydrogens (tertiary/aromatic N) is 3. The normalized spacial score (nSPS) is 13.9. The third-order valence-corrected chi connectivity index (χ3v) is 4.68. The molecule has 0 radical (unpaired) electrons. The highest BCUT2D eigenvalue weighted by atomic mass is 16.6. The van der Waals surface area contributed by atoms with Crippen molar-refractivity contribution >= 4 is 17.3 Å². The Balaban J connectivity index is 1.70. The lowest BCUT2D eigenvalue weighted by Crippen LogP contribution is -2.49. The van der Waals surface area contributed by atoms with E-state index in [9.17, 15) is 14.9 Å². The number of piperazine rings is 1. The number of ether oxygens (including phenoxy) is 2. The van der Waals surface area contributed by atoms with Crippen molar-refractivity contribution in [2.45, 2.75) is 6.92 Å². The molecule has 1 aliphatic rings. The summed E-state index contributed by atoms with van der Waals surface area (Å²) in [6, 6.07) is 12.0. The Morgan fingerprint density at radius 3 is 2.50 bits per heavy atom. The van der Waals surface area contributed by atoms with Gasteiger partial charge >= 0.3 is 0 Å². The van der Waals surface area contributed by atoms with Gasteiger partial charge in [-0.2, -0.15) is 0 Å². The number of carbonyl (C=O) groups is 1. The SMILES string of the molecule is CCOc1cccc(C(=O)N2CCN(c3ccc(OC)cc3[N+](=O)[O-])CC2)c1. The highest BCUT2D eigenvalue weighted by Crippen LogP contribution is 2.32. The molecular weight excluding hydrogens is 362 g/mol. The molecule has 1 heterocycles. The molecule has 0 spiro atoms. The van der Waals surface area contributed by atoms with Crippen LogP contribution in [0.15, 0.2) is 42.5 Å². The Morgan fingerprint density at radius 1 is 1.11 bits per heavy atom. The minimum Gasteiger partial charge on any atom is -0.496 e. The van der Waals surface area contributed by atoms with E-state index >= 15 is 0 Å². The first-order valence-electron chi connectivity index (χ1n) is 9.13. The van der Waals surface area contributed by atoms with Gasteiger partial charge in [0.1, 0.15) is 17.2 Å². The molecule has 0 atom stereocenters. The van der Waals surface area contributed by atoms with Crippen molar-refractivity contribution < 1.29 is 19.2 Å². The lowest BCUT2D eigenvalue weighted by atomic mass is 10.1. The first-order valence-corrected chi connectivity index (χ1v) is 9.13. The minimum absolute atomic E-state index is 0.00328. The van der Waals surface area contributed by atoms with Gasteiger partial charge < -0.3 is 19.3 Å². The fourth-order valence-corrected chi connectivity index (χ4v) is 3.26. The monoisotopic (exact) mass is 385 g/mol. The van der Waals surface area contributed by atoms with Gasteiger partial charge in [0.2, 0.25) is 0 Å². The van der Waals surface area contributed by atoms with E-state index in [4.69, 9.17) is 9.47 Å². The van der Waals surface area contributed by atoms with Gasteiger partial charge in [0.25, 0.3) is 11.6 Å². The topological polar surface area (TPSA) is 85.2 Å². The van der Waals surface area contributed by atoms with Crippen LogP contribution >= 0.6 is 0 Å². The summed E-state index contributed by atoms with van der Waals surface area (Å²) in [5.41, 5.74) is 1.12. The molecule has 8 heteroatoms. The van der Waals surface area contributed by atoms with Crippen molar-refractivity contribution in [3.63, 3.8) is 0 Å². The van der Waals surface area contributed by atoms with Crippen LogP contribution in [-0.4, -0.2) is 55.6 Å². The third kappa shape index (κ3) is 4.16. The second-order valence-corrected chi connectivity index (χ2v) is 6.35. The molecule has 148 valence electrons. The Kier molecular flexibility index (Phi) is 5.98. The van der Waals surface area contributed by atoms with Gasteiger partial charge in [-0.25, -0.2) is 0 Å². The first-order chi connectivity index (χ1) is 13.5. The average Bonchev–Trinajstić information content (AvgIpc) is 2.73. The Hall–Kier alpha value is -3.29. The van der Waals surface area contributed by atoms with Crippen molar-refractivity contribution in [3.05, 3.63) is 58.1 Å². The van der Waals surface area contributed by atoms with Gasteiger partial charge in [-0.3, -0.25) is 14.9 Å². The molecule has 1 aliphatic heterocycles. The number of carbonyl (C=O) groups excluding carboxylic acids is 1. The molecule has 0 aliphatic carbocycles. The molecule has 3 rings (SSSR count). The van der Waals surface area contributed by atoms with Gasteiger partial charge in [-0.15, -0.1) is 0 Å². The number of methoxy groups -OCH3 is 1. The number of rotatable bonds is 6. The van der Waals surface area contributed by atoms with Crippen LogP contribution in [0.2, 0.25) is 0 Å². The first kappa shape index (κ1) is 19.5. The largest absolute Gasteiger partial charge is 0.496 e. The van der Waals surface area contributed by atoms with Crippen molar-refractivity contribution in [2.75, 3.05) is 44.8 Å². The van der Waals surface area contributed by atoms with E-state index in [0.29, 0.717) is 55.5 Å². The van der Waals surface area contributed by atoms with Crippen LogP contribution in [0.5, 0.6) is 11.5 Å². The summed E-state index contributed by atoms with van der Waals surface area (Å²) < 4.78 is 10.5. The number of nitro benzene ring substituents is 1. The lowest BCUT2D eigenvalue weighted by molar-refractivity contribution is -0.384. The molecule has 0 saturated carbocycles. The number of hydrogen-bond donors (Lipinski definition) is 0. The van der Waals surface area contributed by atoms with Gasteiger partial charge in [-0.1, -0.05) is 6.07 Å². The van der Waals surface area contributed by atoms with Gasteiger partial charge in [0.05, 0.1) is 24.7 Å². The molecule has 2 aromatic carbocycles. The van der Waals surface area contributed by atoms with E-state index < -0.39 is 4.92 Å². The summed E-state index contributed by atoms with van der Waals surface area (Å²) in [5.74, 6) is 1.05. The van der Waals surface area contributed by atoms with Crippen molar-refractivity contribution in [1.29, 1.82) is 0 Å². The van der Waals surface area contributed by atoms with E-state index in [0.717, 1.165) is 0 Å². The van der Waals surface area contributed by atoms with Crippen LogP contribution in [-0.2, 0) is 0 Å². The second kappa shape index (κ2) is 8.60. The maximum absolute atomic E-state index is 12.8. The Labute approximate surface area is 163 Å². The highest BCUT2D eigenvalue weighted by Gasteiger charge is 2.27. The predicted molar refractivity (Wildman–Crippen MR) is 105 cm³/mol. The van der Waals surface area contributed by atoms with Crippen molar-refractivity contribution in [1.82, 2.24) is 4.90 Å². The van der Waals surface area contributed by atoms with Crippen LogP contribution in [0, 0.1) is 10.1 Å². The molecule has 1 saturated heterocycles. The van der Waals surface area contributed by atoms with Crippen molar-refractivity contribution in [2.24, 2.45) is 0 Å². The van der Waals surface area contributed by atoms with Crippen LogP contribution in [0.25, 0.3) is 0 Å². The quantitative estimate of drug-likeness (QED) is 0.561. The maximum atomic E-state index is 12.8. The van der Waals surface area contributed by atoms with Crippen LogP contribution in [0.3, 0.4) is 0 Å². The Morgan fingerprint density at radius 2 is 1.86 bits per heavy atom. The maximum Gasteiger partial charge on any atom is 0.296 e. The van der Waals surface area contributed by atoms with E-state index in [1.165, 1.54) is 13.2 Å². The molecule has 0 bridgehead atoms. The summed E-state index contributed by atoms with van der Waals surface area (Å²) in [6.07, 6.45) is 0. The standard InChI is InChI=1S/C20H23N3O5/c1-3-28-17-6-4-5-15(13-17)20(24)22-11-9-21(10-12-22)18-8-7-16(27-2)14-19(18)23(25)26/h4-8,13-14H,3,9-12H2,1-2H3. The van der Waals surface area contributed by atoms with E-state index in [-0.39, 0.29) is 11.6 Å². The fourth-order valence-electron chi connectivity index (χ4n) is 3.26. The zero-order valence-electron chi connectivity index (χ0n) is 16.0. The molecule has 8 nitrogen and oxygen atoms in total. The molecular formula is C20H23N3O5. The van der Waals surface area contributed by atoms with E-state index in [1.54, 1.807) is 35.2 Å². The summed E-state index contributed by atoms with van der Waals surface area (Å²) in [7, 11) is 1.48. The van der Waals surface area contributed by atoms with Gasteiger partial charge in [0.15, 0.2) is 0 Å².